The molecule has 7 rings (SSSR count). The predicted octanol–water partition coefficient (Wildman–Crippen LogP) is 1.58. The second kappa shape index (κ2) is 19.5. The maximum Gasteiger partial charge on any atom is 0.335 e. The number of allylic oxidation sites excluding steroid dienone is 2. The molecule has 20 nitrogen and oxygen atoms in total. The third-order valence-corrected chi connectivity index (χ3v) is 19.6. The van der Waals surface area contributed by atoms with Gasteiger partial charge in [0, 0.05) is 16.4 Å². The van der Waals surface area contributed by atoms with Crippen LogP contribution in [0, 0.1) is 56.2 Å². The standard InChI is InChI=1S/C51H78O20/c1-11-22(3)41(62)70-38-39(71-42(63)23(4)12-2)51(21-52)25(19-46(38,5)6)24-13-14-27-47(7)17-16-29(49(9,45(64)65)28(47)15-18-48(27,8)50(24,10)36(58)37(51)59)67-44-33(57)34(32(56)35(69-44)40(60)61)68-43-31(55)30(54)26(53)20-66-43/h11,13,23,25-39,43-44,52-59H,12,14-21H2,1-10H3,(H,60,61)(H,64,65). The number of carbonyl (C=O) groups is 4. The van der Waals surface area contributed by atoms with Gasteiger partial charge in [0.2, 0.25) is 0 Å². The monoisotopic (exact) mass is 1010 g/mol. The van der Waals surface area contributed by atoms with E-state index in [1.807, 2.05) is 40.7 Å². The number of fused-ring (bicyclic) bond motifs is 7. The van der Waals surface area contributed by atoms with Crippen molar-refractivity contribution in [1.29, 1.82) is 0 Å². The number of aliphatic hydroxyl groups is 8. The van der Waals surface area contributed by atoms with Gasteiger partial charge < -0.3 is 79.5 Å². The zero-order valence-corrected chi connectivity index (χ0v) is 42.5. The van der Waals surface area contributed by atoms with Crippen molar-refractivity contribution in [3.63, 3.8) is 0 Å². The van der Waals surface area contributed by atoms with Crippen molar-refractivity contribution >= 4 is 23.9 Å². The molecule has 0 spiro atoms. The Labute approximate surface area is 414 Å². The van der Waals surface area contributed by atoms with Gasteiger partial charge in [-0.25, -0.2) is 9.59 Å². The van der Waals surface area contributed by atoms with Crippen molar-refractivity contribution in [1.82, 2.24) is 0 Å². The summed E-state index contributed by atoms with van der Waals surface area (Å²) in [6.45, 7) is 16.9. The smallest absolute Gasteiger partial charge is 0.335 e. The Morgan fingerprint density at radius 3 is 2.08 bits per heavy atom. The van der Waals surface area contributed by atoms with E-state index in [1.54, 1.807) is 33.8 Å². The van der Waals surface area contributed by atoms with Gasteiger partial charge in [-0.1, -0.05) is 66.2 Å². The lowest BCUT2D eigenvalue weighted by Crippen LogP contribution is -2.76. The molecule has 5 aliphatic carbocycles. The number of rotatable bonds is 12. The lowest BCUT2D eigenvalue weighted by Gasteiger charge is -2.73. The van der Waals surface area contributed by atoms with E-state index in [2.05, 4.69) is 6.92 Å². The van der Waals surface area contributed by atoms with Crippen LogP contribution >= 0.6 is 0 Å². The fourth-order valence-electron chi connectivity index (χ4n) is 14.7. The minimum absolute atomic E-state index is 0.0637. The summed E-state index contributed by atoms with van der Waals surface area (Å²) in [6.07, 6.45) is -17.9. The summed E-state index contributed by atoms with van der Waals surface area (Å²) in [5.41, 5.74) is -6.08. The van der Waals surface area contributed by atoms with E-state index >= 15 is 0 Å². The molecule has 0 radical (unpaired) electrons. The van der Waals surface area contributed by atoms with Crippen LogP contribution in [-0.2, 0) is 47.6 Å². The van der Waals surface area contributed by atoms with E-state index in [9.17, 15) is 70.2 Å². The summed E-state index contributed by atoms with van der Waals surface area (Å²) in [7, 11) is 0. The average molecular weight is 1010 g/mol. The first kappa shape index (κ1) is 55.6. The van der Waals surface area contributed by atoms with E-state index in [4.69, 9.17) is 28.4 Å². The van der Waals surface area contributed by atoms with Crippen LogP contribution in [0.4, 0.5) is 0 Å². The van der Waals surface area contributed by atoms with Crippen LogP contribution in [0.5, 0.6) is 0 Å². The Hall–Kier alpha value is -3.12. The van der Waals surface area contributed by atoms with Crippen LogP contribution in [-0.4, -0.2) is 174 Å². The van der Waals surface area contributed by atoms with Crippen LogP contribution < -0.4 is 0 Å². The minimum atomic E-state index is -2.06. The SMILES string of the molecule is CC=C(C)C(=O)OC1C(OC(=O)C(C)CC)C2(CO)C(CC1(C)C)C1=CCC3C4(C)CCC(OC5OC(C(=O)O)C(O)C(OC6OCC(O)C(O)C6O)C5O)C(C)(C(=O)O)C4CCC3(C)C1(C)C(O)C2O. The molecule has 10 N–H and O–H groups in total. The average Bonchev–Trinajstić information content (AvgIpc) is 3.31. The molecule has 23 atom stereocenters. The summed E-state index contributed by atoms with van der Waals surface area (Å²) < 4.78 is 35.5. The molecule has 0 amide bonds. The van der Waals surface area contributed by atoms with Crippen LogP contribution in [0.1, 0.15) is 114 Å². The van der Waals surface area contributed by atoms with Crippen LogP contribution in [0.3, 0.4) is 0 Å². The van der Waals surface area contributed by atoms with Crippen molar-refractivity contribution in [2.24, 2.45) is 56.2 Å². The van der Waals surface area contributed by atoms with Crippen LogP contribution in [0.15, 0.2) is 23.3 Å². The number of aliphatic hydroxyl groups excluding tert-OH is 8. The summed E-state index contributed by atoms with van der Waals surface area (Å²) in [4.78, 5) is 53.6. The highest BCUT2D eigenvalue weighted by Crippen LogP contribution is 2.76. The van der Waals surface area contributed by atoms with Crippen molar-refractivity contribution in [2.45, 2.75) is 200 Å². The molecule has 2 saturated heterocycles. The third-order valence-electron chi connectivity index (χ3n) is 19.6. The topological polar surface area (TPSA) is 326 Å². The second-order valence-corrected chi connectivity index (χ2v) is 23.4. The van der Waals surface area contributed by atoms with Gasteiger partial charge in [-0.2, -0.15) is 0 Å². The maximum atomic E-state index is 13.9. The molecule has 20 heteroatoms. The molecule has 7 aliphatic rings. The molecule has 0 aromatic rings. The van der Waals surface area contributed by atoms with Gasteiger partial charge in [-0.15, -0.1) is 0 Å². The van der Waals surface area contributed by atoms with Gasteiger partial charge in [0.25, 0.3) is 0 Å². The molecule has 6 fully saturated rings. The fraction of sp³-hybridized carbons (Fsp3) is 0.843. The van der Waals surface area contributed by atoms with E-state index in [0.717, 1.165) is 5.57 Å². The van der Waals surface area contributed by atoms with Gasteiger partial charge in [-0.05, 0) is 94.3 Å². The first-order valence-corrected chi connectivity index (χ1v) is 25.2. The zero-order valence-electron chi connectivity index (χ0n) is 42.5. The molecule has 23 unspecified atom stereocenters. The number of esters is 2. The molecule has 71 heavy (non-hydrogen) atoms. The molecular formula is C51H78O20. The third kappa shape index (κ3) is 8.33. The summed E-state index contributed by atoms with van der Waals surface area (Å²) in [5, 5.41) is 112. The Morgan fingerprint density at radius 1 is 0.831 bits per heavy atom. The van der Waals surface area contributed by atoms with E-state index in [0.29, 0.717) is 31.3 Å². The maximum absolute atomic E-state index is 13.9. The van der Waals surface area contributed by atoms with Gasteiger partial charge in [0.15, 0.2) is 24.8 Å². The number of ether oxygens (including phenoxy) is 6. The molecule has 2 heterocycles. The highest BCUT2D eigenvalue weighted by Gasteiger charge is 2.77. The summed E-state index contributed by atoms with van der Waals surface area (Å²) >= 11 is 0. The summed E-state index contributed by atoms with van der Waals surface area (Å²) in [6, 6.07) is 0. The lowest BCUT2D eigenvalue weighted by atomic mass is 9.32. The molecule has 0 aromatic carbocycles. The molecule has 2 aliphatic heterocycles. The normalized spacial score (nSPS) is 48.8. The Morgan fingerprint density at radius 2 is 1.49 bits per heavy atom. The van der Waals surface area contributed by atoms with Crippen molar-refractivity contribution < 1.29 is 98.7 Å². The van der Waals surface area contributed by atoms with Gasteiger partial charge in [0.1, 0.15) is 42.7 Å². The first-order valence-electron chi connectivity index (χ1n) is 25.2. The van der Waals surface area contributed by atoms with E-state index < -0.39 is 173 Å². The van der Waals surface area contributed by atoms with Gasteiger partial charge >= 0.3 is 23.9 Å². The van der Waals surface area contributed by atoms with Crippen LogP contribution in [0.2, 0.25) is 0 Å². The second-order valence-electron chi connectivity index (χ2n) is 23.4. The molecule has 4 saturated carbocycles. The van der Waals surface area contributed by atoms with E-state index in [1.165, 1.54) is 0 Å². The number of hydrogen-bond donors (Lipinski definition) is 10. The Balaban J connectivity index is 1.24. The summed E-state index contributed by atoms with van der Waals surface area (Å²) in [5.74, 6) is -6.38. The van der Waals surface area contributed by atoms with Gasteiger partial charge in [-0.3, -0.25) is 9.59 Å². The molecule has 402 valence electrons. The van der Waals surface area contributed by atoms with Crippen molar-refractivity contribution in [3.05, 3.63) is 23.3 Å². The number of carboxylic acids is 2. The zero-order chi connectivity index (χ0) is 52.9. The quantitative estimate of drug-likeness (QED) is 0.0574. The lowest BCUT2D eigenvalue weighted by molar-refractivity contribution is -0.357. The van der Waals surface area contributed by atoms with E-state index in [-0.39, 0.29) is 25.2 Å². The highest BCUT2D eigenvalue weighted by molar-refractivity contribution is 5.88. The predicted molar refractivity (Wildman–Crippen MR) is 246 cm³/mol. The number of carbonyl (C=O) groups excluding carboxylic acids is 2. The van der Waals surface area contributed by atoms with Crippen molar-refractivity contribution in [2.75, 3.05) is 13.2 Å². The first-order chi connectivity index (χ1) is 33.0. The van der Waals surface area contributed by atoms with Crippen molar-refractivity contribution in [3.8, 4) is 0 Å². The molecular weight excluding hydrogens is 933 g/mol. The Kier molecular flexibility index (Phi) is 15.3. The number of carboxylic acid groups (broad SMARTS) is 2. The number of hydrogen-bond acceptors (Lipinski definition) is 18. The minimum Gasteiger partial charge on any atom is -0.481 e. The highest BCUT2D eigenvalue weighted by atomic mass is 16.7. The number of aliphatic carboxylic acids is 2. The largest absolute Gasteiger partial charge is 0.481 e. The Bertz CT molecular complexity index is 2110. The molecule has 0 bridgehead atoms. The fourth-order valence-corrected chi connectivity index (χ4v) is 14.7. The van der Waals surface area contributed by atoms with Crippen LogP contribution in [0.25, 0.3) is 0 Å². The van der Waals surface area contributed by atoms with Gasteiger partial charge in [0.05, 0.1) is 48.3 Å². The molecule has 0 aromatic heterocycles.